The average molecular weight is 235 g/mol. The van der Waals surface area contributed by atoms with Crippen LogP contribution in [0.2, 0.25) is 0 Å². The average Bonchev–Trinajstić information content (AvgIpc) is 2.73. The Balaban J connectivity index is 2.28. The smallest absolute Gasteiger partial charge is 0.0538 e. The predicted octanol–water partition coefficient (Wildman–Crippen LogP) is 4.60. The molecule has 1 nitrogen and oxygen atoms in total. The summed E-state index contributed by atoms with van der Waals surface area (Å²) in [5.41, 5.74) is 0. The zero-order valence-corrected chi connectivity index (χ0v) is 9.87. The third-order valence-corrected chi connectivity index (χ3v) is 4.25. The van der Waals surface area contributed by atoms with Gasteiger partial charge in [0.1, 0.15) is 0 Å². The molecule has 0 aliphatic rings. The number of rotatable bonds is 0. The lowest BCUT2D eigenvalue weighted by Gasteiger charge is -1.97. The zero-order valence-electron chi connectivity index (χ0n) is 9.05. The molecular weight excluding hydrogens is 226 g/mol. The van der Waals surface area contributed by atoms with Gasteiger partial charge in [0.25, 0.3) is 0 Å². The van der Waals surface area contributed by atoms with E-state index in [1.54, 1.807) is 0 Å². The second kappa shape index (κ2) is 3.28. The summed E-state index contributed by atoms with van der Waals surface area (Å²) in [7, 11) is 0. The van der Waals surface area contributed by atoms with Gasteiger partial charge >= 0.3 is 0 Å². The summed E-state index contributed by atoms with van der Waals surface area (Å²) < 4.78 is 2.60. The maximum atomic E-state index is 4.19. The lowest BCUT2D eigenvalue weighted by atomic mass is 10.1. The minimum absolute atomic E-state index is 1.26. The predicted molar refractivity (Wildman–Crippen MR) is 74.6 cm³/mol. The van der Waals surface area contributed by atoms with Crippen molar-refractivity contribution in [3.8, 4) is 0 Å². The molecule has 0 atom stereocenters. The summed E-state index contributed by atoms with van der Waals surface area (Å²) in [6, 6.07) is 15.2. The second-order valence-electron chi connectivity index (χ2n) is 4.17. The number of aromatic nitrogens is 1. The molecule has 0 aliphatic carbocycles. The molecule has 0 saturated heterocycles. The first-order valence-corrected chi connectivity index (χ1v) is 6.38. The van der Waals surface area contributed by atoms with Crippen LogP contribution in [0.3, 0.4) is 0 Å². The van der Waals surface area contributed by atoms with Crippen LogP contribution in [-0.4, -0.2) is 4.98 Å². The van der Waals surface area contributed by atoms with E-state index in [0.29, 0.717) is 0 Å². The van der Waals surface area contributed by atoms with Crippen molar-refractivity contribution in [1.82, 2.24) is 4.98 Å². The molecule has 0 amide bonds. The van der Waals surface area contributed by atoms with Gasteiger partial charge in [0.05, 0.1) is 4.70 Å². The molecule has 0 saturated carbocycles. The molecule has 4 rings (SSSR count). The molecule has 0 N–H and O–H groups in total. The third kappa shape index (κ3) is 1.28. The fourth-order valence-corrected chi connectivity index (χ4v) is 3.42. The van der Waals surface area contributed by atoms with Crippen molar-refractivity contribution in [3.05, 3.63) is 54.9 Å². The first-order valence-electron chi connectivity index (χ1n) is 5.57. The summed E-state index contributed by atoms with van der Waals surface area (Å²) in [6.45, 7) is 0. The van der Waals surface area contributed by atoms with Crippen molar-refractivity contribution in [1.29, 1.82) is 0 Å². The van der Waals surface area contributed by atoms with E-state index in [2.05, 4.69) is 47.4 Å². The van der Waals surface area contributed by atoms with E-state index in [4.69, 9.17) is 0 Å². The van der Waals surface area contributed by atoms with Crippen LogP contribution in [0.5, 0.6) is 0 Å². The van der Waals surface area contributed by atoms with Crippen molar-refractivity contribution < 1.29 is 0 Å². The maximum absolute atomic E-state index is 4.19. The van der Waals surface area contributed by atoms with Crippen LogP contribution in [0, 0.1) is 0 Å². The number of nitrogens with zero attached hydrogens (tertiary/aromatic N) is 1. The van der Waals surface area contributed by atoms with Crippen LogP contribution >= 0.6 is 11.3 Å². The van der Waals surface area contributed by atoms with Crippen LogP contribution in [-0.2, 0) is 0 Å². The quantitative estimate of drug-likeness (QED) is 0.434. The highest BCUT2D eigenvalue weighted by atomic mass is 32.1. The first kappa shape index (κ1) is 9.14. The van der Waals surface area contributed by atoms with Gasteiger partial charge in [0, 0.05) is 27.9 Å². The molecule has 0 unspecified atom stereocenters. The third-order valence-electron chi connectivity index (χ3n) is 3.14. The van der Waals surface area contributed by atoms with Crippen molar-refractivity contribution in [2.45, 2.75) is 0 Å². The SMILES string of the molecule is c1ccc2cc3c(cc2c1)sc1cnccc13. The van der Waals surface area contributed by atoms with Gasteiger partial charge < -0.3 is 0 Å². The highest BCUT2D eigenvalue weighted by Gasteiger charge is 2.05. The fraction of sp³-hybridized carbons (Fsp3) is 0. The zero-order chi connectivity index (χ0) is 11.2. The Bertz CT molecular complexity index is 839. The number of fused-ring (bicyclic) bond motifs is 4. The van der Waals surface area contributed by atoms with Gasteiger partial charge in [-0.3, -0.25) is 4.98 Å². The number of pyridine rings is 1. The summed E-state index contributed by atoms with van der Waals surface area (Å²) in [6.07, 6.45) is 3.81. The largest absolute Gasteiger partial charge is 0.263 e. The van der Waals surface area contributed by atoms with Gasteiger partial charge in [-0.2, -0.15) is 0 Å². The van der Waals surface area contributed by atoms with E-state index < -0.39 is 0 Å². The number of hydrogen-bond donors (Lipinski definition) is 0. The van der Waals surface area contributed by atoms with E-state index >= 15 is 0 Å². The van der Waals surface area contributed by atoms with Crippen LogP contribution in [0.1, 0.15) is 0 Å². The lowest BCUT2D eigenvalue weighted by molar-refractivity contribution is 1.37. The molecule has 2 heterocycles. The van der Waals surface area contributed by atoms with Crippen LogP contribution in [0.25, 0.3) is 30.9 Å². The van der Waals surface area contributed by atoms with Gasteiger partial charge in [-0.15, -0.1) is 11.3 Å². The molecule has 2 heteroatoms. The summed E-state index contributed by atoms with van der Waals surface area (Å²) in [5.74, 6) is 0. The minimum atomic E-state index is 1.26. The maximum Gasteiger partial charge on any atom is 0.0538 e. The Morgan fingerprint density at radius 1 is 0.824 bits per heavy atom. The Kier molecular flexibility index (Phi) is 1.76. The highest BCUT2D eigenvalue weighted by Crippen LogP contribution is 2.35. The molecule has 2 aromatic carbocycles. The second-order valence-corrected chi connectivity index (χ2v) is 5.25. The van der Waals surface area contributed by atoms with Crippen LogP contribution < -0.4 is 0 Å². The van der Waals surface area contributed by atoms with Gasteiger partial charge in [0.15, 0.2) is 0 Å². The van der Waals surface area contributed by atoms with E-state index in [-0.39, 0.29) is 0 Å². The van der Waals surface area contributed by atoms with Crippen molar-refractivity contribution in [2.75, 3.05) is 0 Å². The van der Waals surface area contributed by atoms with Gasteiger partial charge in [-0.1, -0.05) is 24.3 Å². The Hall–Kier alpha value is -1.93. The summed E-state index contributed by atoms with van der Waals surface area (Å²) in [5, 5.41) is 5.26. The monoisotopic (exact) mass is 235 g/mol. The van der Waals surface area contributed by atoms with Crippen molar-refractivity contribution in [3.63, 3.8) is 0 Å². The van der Waals surface area contributed by atoms with Crippen molar-refractivity contribution in [2.24, 2.45) is 0 Å². The highest BCUT2D eigenvalue weighted by molar-refractivity contribution is 7.25. The molecule has 0 bridgehead atoms. The standard InChI is InChI=1S/C15H9NS/c1-2-4-11-8-14-13(7-10(11)3-1)12-5-6-16-9-15(12)17-14/h1-9H. The van der Waals surface area contributed by atoms with Gasteiger partial charge in [-0.25, -0.2) is 0 Å². The molecule has 4 aromatic rings. The topological polar surface area (TPSA) is 12.9 Å². The minimum Gasteiger partial charge on any atom is -0.263 e. The molecular formula is C15H9NS. The van der Waals surface area contributed by atoms with E-state index in [1.165, 1.54) is 30.9 Å². The fourth-order valence-electron chi connectivity index (χ4n) is 2.32. The Labute approximate surface area is 102 Å². The van der Waals surface area contributed by atoms with E-state index in [9.17, 15) is 0 Å². The first-order chi connectivity index (χ1) is 8.42. The molecule has 80 valence electrons. The van der Waals surface area contributed by atoms with Gasteiger partial charge in [-0.05, 0) is 29.0 Å². The van der Waals surface area contributed by atoms with E-state index in [1.807, 2.05) is 23.7 Å². The molecule has 0 fully saturated rings. The number of thiophene rings is 1. The Morgan fingerprint density at radius 3 is 2.53 bits per heavy atom. The summed E-state index contributed by atoms with van der Waals surface area (Å²) in [4.78, 5) is 4.19. The molecule has 17 heavy (non-hydrogen) atoms. The molecule has 0 aliphatic heterocycles. The molecule has 0 spiro atoms. The van der Waals surface area contributed by atoms with Gasteiger partial charge in [0.2, 0.25) is 0 Å². The Morgan fingerprint density at radius 2 is 1.65 bits per heavy atom. The van der Waals surface area contributed by atoms with Crippen LogP contribution in [0.15, 0.2) is 54.9 Å². The van der Waals surface area contributed by atoms with Crippen LogP contribution in [0.4, 0.5) is 0 Å². The number of benzene rings is 2. The van der Waals surface area contributed by atoms with Crippen molar-refractivity contribution >= 4 is 42.3 Å². The lowest BCUT2D eigenvalue weighted by Crippen LogP contribution is -1.72. The molecule has 0 radical (unpaired) electrons. The van der Waals surface area contributed by atoms with E-state index in [0.717, 1.165) is 0 Å². The normalized spacial score (nSPS) is 11.5. The number of hydrogen-bond acceptors (Lipinski definition) is 2. The molecule has 2 aromatic heterocycles. The summed E-state index contributed by atoms with van der Waals surface area (Å²) >= 11 is 1.81.